The molecule has 2 rings (SSSR count). The topological polar surface area (TPSA) is 41.5 Å². The lowest BCUT2D eigenvalue weighted by molar-refractivity contribution is -0.0613. The molecule has 0 aromatic rings. The molecule has 1 saturated heterocycles. The van der Waals surface area contributed by atoms with Gasteiger partial charge in [0.15, 0.2) is 0 Å². The Labute approximate surface area is 92.2 Å². The first kappa shape index (κ1) is 11.4. The van der Waals surface area contributed by atoms with E-state index in [0.29, 0.717) is 0 Å². The van der Waals surface area contributed by atoms with Gasteiger partial charge in [-0.25, -0.2) is 0 Å². The Bertz CT molecular complexity index is 180. The highest BCUT2D eigenvalue weighted by Crippen LogP contribution is 2.22. The van der Waals surface area contributed by atoms with Crippen molar-refractivity contribution >= 4 is 0 Å². The summed E-state index contributed by atoms with van der Waals surface area (Å²) in [5, 5.41) is 13.1. The molecule has 1 heterocycles. The lowest BCUT2D eigenvalue weighted by Gasteiger charge is -2.27. The molecule has 88 valence electrons. The van der Waals surface area contributed by atoms with Gasteiger partial charge in [-0.3, -0.25) is 0 Å². The van der Waals surface area contributed by atoms with E-state index >= 15 is 0 Å². The van der Waals surface area contributed by atoms with Crippen molar-refractivity contribution in [3.63, 3.8) is 0 Å². The van der Waals surface area contributed by atoms with Crippen LogP contribution in [0, 0.1) is 5.92 Å². The largest absolute Gasteiger partial charge is 0.390 e. The van der Waals surface area contributed by atoms with Gasteiger partial charge in [0.25, 0.3) is 0 Å². The molecule has 0 aromatic carbocycles. The molecule has 0 aromatic heterocycles. The van der Waals surface area contributed by atoms with Gasteiger partial charge in [0.2, 0.25) is 0 Å². The standard InChI is InChI=1S/C12H23NO2/c14-11-3-1-2-4-12(11)15-8-6-10-5-7-13-9-10/h10-14H,1-9H2. The number of nitrogens with one attached hydrogen (secondary N) is 1. The van der Waals surface area contributed by atoms with Crippen molar-refractivity contribution in [1.29, 1.82) is 0 Å². The lowest BCUT2D eigenvalue weighted by atomic mass is 9.95. The van der Waals surface area contributed by atoms with Crippen LogP contribution in [0.25, 0.3) is 0 Å². The summed E-state index contributed by atoms with van der Waals surface area (Å²) >= 11 is 0. The molecule has 1 aliphatic carbocycles. The van der Waals surface area contributed by atoms with E-state index in [1.54, 1.807) is 0 Å². The van der Waals surface area contributed by atoms with E-state index in [2.05, 4.69) is 5.32 Å². The molecular formula is C12H23NO2. The van der Waals surface area contributed by atoms with Crippen LogP contribution in [-0.2, 0) is 4.74 Å². The lowest BCUT2D eigenvalue weighted by Crippen LogP contribution is -2.32. The van der Waals surface area contributed by atoms with Crippen molar-refractivity contribution in [3.05, 3.63) is 0 Å². The molecule has 0 radical (unpaired) electrons. The van der Waals surface area contributed by atoms with Crippen LogP contribution >= 0.6 is 0 Å². The molecule has 0 amide bonds. The molecule has 0 bridgehead atoms. The summed E-state index contributed by atoms with van der Waals surface area (Å²) in [6, 6.07) is 0. The van der Waals surface area contributed by atoms with Gasteiger partial charge < -0.3 is 15.2 Å². The molecule has 2 fully saturated rings. The molecular weight excluding hydrogens is 190 g/mol. The summed E-state index contributed by atoms with van der Waals surface area (Å²) in [6.07, 6.45) is 6.70. The summed E-state index contributed by atoms with van der Waals surface area (Å²) < 4.78 is 5.78. The van der Waals surface area contributed by atoms with Crippen molar-refractivity contribution in [1.82, 2.24) is 5.32 Å². The summed E-state index contributed by atoms with van der Waals surface area (Å²) in [6.45, 7) is 3.14. The van der Waals surface area contributed by atoms with Gasteiger partial charge in [-0.2, -0.15) is 0 Å². The van der Waals surface area contributed by atoms with E-state index in [1.165, 1.54) is 12.8 Å². The number of ether oxygens (including phenoxy) is 1. The number of rotatable bonds is 4. The van der Waals surface area contributed by atoms with Gasteiger partial charge in [-0.15, -0.1) is 0 Å². The van der Waals surface area contributed by atoms with Crippen LogP contribution in [0.3, 0.4) is 0 Å². The second kappa shape index (κ2) is 5.83. The van der Waals surface area contributed by atoms with E-state index in [1.807, 2.05) is 0 Å². The predicted molar refractivity (Wildman–Crippen MR) is 59.8 cm³/mol. The monoisotopic (exact) mass is 213 g/mol. The minimum Gasteiger partial charge on any atom is -0.390 e. The zero-order chi connectivity index (χ0) is 10.5. The van der Waals surface area contributed by atoms with Gasteiger partial charge in [0.1, 0.15) is 0 Å². The Balaban J connectivity index is 1.59. The van der Waals surface area contributed by atoms with Gasteiger partial charge in [0, 0.05) is 6.61 Å². The highest BCUT2D eigenvalue weighted by atomic mass is 16.5. The second-order valence-corrected chi connectivity index (χ2v) is 4.91. The highest BCUT2D eigenvalue weighted by molar-refractivity contribution is 4.75. The third-order valence-corrected chi connectivity index (χ3v) is 3.69. The highest BCUT2D eigenvalue weighted by Gasteiger charge is 2.24. The van der Waals surface area contributed by atoms with E-state index in [0.717, 1.165) is 51.3 Å². The Morgan fingerprint density at radius 3 is 2.80 bits per heavy atom. The third-order valence-electron chi connectivity index (χ3n) is 3.69. The van der Waals surface area contributed by atoms with Gasteiger partial charge in [0.05, 0.1) is 12.2 Å². The van der Waals surface area contributed by atoms with Crippen LogP contribution < -0.4 is 5.32 Å². The predicted octanol–water partition coefficient (Wildman–Crippen LogP) is 1.31. The van der Waals surface area contributed by atoms with Gasteiger partial charge in [-0.05, 0) is 44.7 Å². The molecule has 15 heavy (non-hydrogen) atoms. The quantitative estimate of drug-likeness (QED) is 0.740. The maximum Gasteiger partial charge on any atom is 0.0833 e. The maximum absolute atomic E-state index is 9.72. The third kappa shape index (κ3) is 3.44. The zero-order valence-electron chi connectivity index (χ0n) is 9.45. The minimum atomic E-state index is -0.208. The van der Waals surface area contributed by atoms with Crippen molar-refractivity contribution in [2.45, 2.75) is 50.7 Å². The first-order valence-corrected chi connectivity index (χ1v) is 6.36. The average Bonchev–Trinajstić information content (AvgIpc) is 2.74. The Morgan fingerprint density at radius 2 is 2.07 bits per heavy atom. The van der Waals surface area contributed by atoms with Gasteiger partial charge >= 0.3 is 0 Å². The Morgan fingerprint density at radius 1 is 1.20 bits per heavy atom. The summed E-state index contributed by atoms with van der Waals surface area (Å²) in [4.78, 5) is 0. The van der Waals surface area contributed by atoms with Crippen molar-refractivity contribution in [2.75, 3.05) is 19.7 Å². The molecule has 2 aliphatic rings. The molecule has 3 nitrogen and oxygen atoms in total. The average molecular weight is 213 g/mol. The van der Waals surface area contributed by atoms with Crippen LogP contribution in [0.4, 0.5) is 0 Å². The SMILES string of the molecule is OC1CCCCC1OCCC1CCNC1. The van der Waals surface area contributed by atoms with E-state index in [4.69, 9.17) is 4.74 Å². The molecule has 2 N–H and O–H groups in total. The number of aliphatic hydroxyl groups excluding tert-OH is 1. The summed E-state index contributed by atoms with van der Waals surface area (Å²) in [5.74, 6) is 0.797. The first-order chi connectivity index (χ1) is 7.36. The molecule has 1 aliphatic heterocycles. The maximum atomic E-state index is 9.72. The number of hydrogen-bond donors (Lipinski definition) is 2. The summed E-state index contributed by atoms with van der Waals surface area (Å²) in [7, 11) is 0. The van der Waals surface area contributed by atoms with Crippen LogP contribution in [0.1, 0.15) is 38.5 Å². The first-order valence-electron chi connectivity index (χ1n) is 6.36. The van der Waals surface area contributed by atoms with Crippen molar-refractivity contribution < 1.29 is 9.84 Å². The van der Waals surface area contributed by atoms with Crippen LogP contribution in [0.2, 0.25) is 0 Å². The normalized spacial score (nSPS) is 37.0. The number of aliphatic hydroxyl groups is 1. The number of hydrogen-bond acceptors (Lipinski definition) is 3. The summed E-state index contributed by atoms with van der Waals surface area (Å²) in [5.41, 5.74) is 0. The van der Waals surface area contributed by atoms with Gasteiger partial charge in [-0.1, -0.05) is 12.8 Å². The smallest absolute Gasteiger partial charge is 0.0833 e. The second-order valence-electron chi connectivity index (χ2n) is 4.91. The van der Waals surface area contributed by atoms with E-state index < -0.39 is 0 Å². The molecule has 0 spiro atoms. The fraction of sp³-hybridized carbons (Fsp3) is 1.00. The molecule has 1 saturated carbocycles. The Hall–Kier alpha value is -0.120. The van der Waals surface area contributed by atoms with E-state index in [9.17, 15) is 5.11 Å². The molecule has 3 heteroatoms. The zero-order valence-corrected chi connectivity index (χ0v) is 9.45. The minimum absolute atomic E-state index is 0.119. The van der Waals surface area contributed by atoms with Crippen molar-refractivity contribution in [2.24, 2.45) is 5.92 Å². The molecule has 3 atom stereocenters. The van der Waals surface area contributed by atoms with Crippen LogP contribution in [0.15, 0.2) is 0 Å². The van der Waals surface area contributed by atoms with Crippen LogP contribution in [-0.4, -0.2) is 37.0 Å². The Kier molecular flexibility index (Phi) is 4.42. The fourth-order valence-corrected chi connectivity index (χ4v) is 2.62. The van der Waals surface area contributed by atoms with E-state index in [-0.39, 0.29) is 12.2 Å². The van der Waals surface area contributed by atoms with Crippen LogP contribution in [0.5, 0.6) is 0 Å². The fourth-order valence-electron chi connectivity index (χ4n) is 2.62. The van der Waals surface area contributed by atoms with Crippen molar-refractivity contribution in [3.8, 4) is 0 Å². The molecule has 3 unspecified atom stereocenters.